The largest absolute Gasteiger partial charge is 1.00 e. The fraction of sp³-hybridized carbons (Fsp3) is 1.00. The number of halogens is 1. The summed E-state index contributed by atoms with van der Waals surface area (Å²) in [6.45, 7) is 9.44. The van der Waals surface area contributed by atoms with Crippen LogP contribution in [-0.2, 0) is 0 Å². The van der Waals surface area contributed by atoms with Gasteiger partial charge in [-0.25, -0.2) is 0 Å². The molecule has 0 fully saturated rings. The van der Waals surface area contributed by atoms with Gasteiger partial charge in [-0.05, 0) is 26.2 Å². The van der Waals surface area contributed by atoms with Crippen LogP contribution in [0.4, 0.5) is 0 Å². The summed E-state index contributed by atoms with van der Waals surface area (Å²) in [6.07, 6.45) is 10.3. The van der Waals surface area contributed by atoms with Crippen molar-refractivity contribution in [2.45, 2.75) is 47.0 Å². The lowest BCUT2D eigenvalue weighted by molar-refractivity contribution is -0.00000294. The molecule has 0 rings (SSSR count). The molecule has 0 radical (unpaired) electrons. The highest BCUT2D eigenvalue weighted by atomic mass is 35.5. The van der Waals surface area contributed by atoms with Crippen LogP contribution in [0, 0.1) is 0 Å². The molecule has 0 unspecified atom stereocenters. The van der Waals surface area contributed by atoms with E-state index in [1.54, 1.807) is 18.5 Å². The van der Waals surface area contributed by atoms with Gasteiger partial charge >= 0.3 is 0 Å². The first-order chi connectivity index (χ1) is 5.74. The van der Waals surface area contributed by atoms with Gasteiger partial charge in [0.1, 0.15) is 0 Å². The van der Waals surface area contributed by atoms with Gasteiger partial charge < -0.3 is 12.4 Å². The van der Waals surface area contributed by atoms with E-state index in [0.717, 1.165) is 0 Å². The molecule has 82 valence electrons. The molecule has 2 heteroatoms. The highest BCUT2D eigenvalue weighted by molar-refractivity contribution is 7.75. The molecule has 0 aliphatic rings. The first kappa shape index (κ1) is 16.2. The Labute approximate surface area is 91.6 Å². The number of hydrogen-bond acceptors (Lipinski definition) is 0. The molecule has 0 spiro atoms. The lowest BCUT2D eigenvalue weighted by Crippen LogP contribution is -3.00. The van der Waals surface area contributed by atoms with Crippen LogP contribution in [0.25, 0.3) is 0 Å². The van der Waals surface area contributed by atoms with Gasteiger partial charge in [-0.2, -0.15) is 0 Å². The Morgan fingerprint density at radius 1 is 0.692 bits per heavy atom. The summed E-state index contributed by atoms with van der Waals surface area (Å²) in [5.74, 6) is 0. The summed E-state index contributed by atoms with van der Waals surface area (Å²) in [7, 11) is -0.477. The van der Waals surface area contributed by atoms with E-state index < -0.39 is 7.26 Å². The minimum absolute atomic E-state index is 0. The fourth-order valence-corrected chi connectivity index (χ4v) is 6.70. The molecular formula is C11H26ClP. The highest BCUT2D eigenvalue weighted by Gasteiger charge is 2.31. The second kappa shape index (κ2) is 9.28. The number of hydrogen-bond donors (Lipinski definition) is 0. The molecule has 0 saturated carbocycles. The molecule has 0 aromatic heterocycles. The van der Waals surface area contributed by atoms with E-state index in [1.165, 1.54) is 25.4 Å². The third-order valence-electron chi connectivity index (χ3n) is 2.76. The molecular weight excluding hydrogens is 199 g/mol. The Kier molecular flexibility index (Phi) is 11.5. The van der Waals surface area contributed by atoms with Crippen molar-refractivity contribution in [3.8, 4) is 0 Å². The summed E-state index contributed by atoms with van der Waals surface area (Å²) < 4.78 is 0. The maximum atomic E-state index is 2.41. The van der Waals surface area contributed by atoms with Crippen LogP contribution < -0.4 is 12.4 Å². The molecule has 0 heterocycles. The van der Waals surface area contributed by atoms with E-state index in [-0.39, 0.29) is 12.4 Å². The van der Waals surface area contributed by atoms with Crippen LogP contribution in [0.3, 0.4) is 0 Å². The van der Waals surface area contributed by atoms with Crippen LogP contribution in [0.5, 0.6) is 0 Å². The SMILES string of the molecule is CCC[P+](CC)(CCC)CCC.[Cl-]. The van der Waals surface area contributed by atoms with Crippen LogP contribution in [0.2, 0.25) is 0 Å². The monoisotopic (exact) mass is 224 g/mol. The van der Waals surface area contributed by atoms with Crippen molar-refractivity contribution in [2.24, 2.45) is 0 Å². The predicted octanol–water partition coefficient (Wildman–Crippen LogP) is 1.26. The van der Waals surface area contributed by atoms with Gasteiger partial charge in [0.15, 0.2) is 0 Å². The van der Waals surface area contributed by atoms with Gasteiger partial charge in [-0.15, -0.1) is 0 Å². The van der Waals surface area contributed by atoms with Crippen molar-refractivity contribution in [3.05, 3.63) is 0 Å². The molecule has 0 amide bonds. The van der Waals surface area contributed by atoms with Crippen molar-refractivity contribution in [3.63, 3.8) is 0 Å². The van der Waals surface area contributed by atoms with Crippen LogP contribution in [-0.4, -0.2) is 24.6 Å². The van der Waals surface area contributed by atoms with Crippen molar-refractivity contribution in [1.82, 2.24) is 0 Å². The van der Waals surface area contributed by atoms with Gasteiger partial charge in [-0.3, -0.25) is 0 Å². The summed E-state index contributed by atoms with van der Waals surface area (Å²) in [6, 6.07) is 0. The molecule has 0 bridgehead atoms. The van der Waals surface area contributed by atoms with E-state index in [9.17, 15) is 0 Å². The molecule has 0 aromatic rings. The third-order valence-corrected chi connectivity index (χ3v) is 8.29. The topological polar surface area (TPSA) is 0 Å². The quantitative estimate of drug-likeness (QED) is 0.572. The molecule has 0 aliphatic carbocycles. The van der Waals surface area contributed by atoms with Crippen LogP contribution in [0.15, 0.2) is 0 Å². The minimum atomic E-state index is -0.477. The fourth-order valence-electron chi connectivity index (χ4n) is 2.23. The Morgan fingerprint density at radius 2 is 1.00 bits per heavy atom. The van der Waals surface area contributed by atoms with E-state index in [0.29, 0.717) is 0 Å². The van der Waals surface area contributed by atoms with Crippen LogP contribution >= 0.6 is 7.26 Å². The standard InChI is InChI=1S/C11H26P.ClH/c1-5-9-12(8-4,10-6-2)11-7-3;/h5-11H2,1-4H3;1H/q+1;/p-1. The average molecular weight is 225 g/mol. The smallest absolute Gasteiger partial charge is 0.0591 e. The molecule has 0 nitrogen and oxygen atoms in total. The normalized spacial score (nSPS) is 11.1. The van der Waals surface area contributed by atoms with Gasteiger partial charge in [0.25, 0.3) is 0 Å². The van der Waals surface area contributed by atoms with Gasteiger partial charge in [0.05, 0.1) is 24.6 Å². The third kappa shape index (κ3) is 5.92. The molecule has 0 aromatic carbocycles. The van der Waals surface area contributed by atoms with Crippen molar-refractivity contribution >= 4 is 7.26 Å². The minimum Gasteiger partial charge on any atom is -1.00 e. The van der Waals surface area contributed by atoms with E-state index in [1.807, 2.05) is 0 Å². The first-order valence-electron chi connectivity index (χ1n) is 5.59. The van der Waals surface area contributed by atoms with Crippen LogP contribution in [0.1, 0.15) is 47.0 Å². The zero-order valence-corrected chi connectivity index (χ0v) is 11.4. The van der Waals surface area contributed by atoms with E-state index in [4.69, 9.17) is 0 Å². The lowest BCUT2D eigenvalue weighted by atomic mass is 10.6. The Bertz CT molecular complexity index is 87.2. The molecule has 0 atom stereocenters. The zero-order valence-electron chi connectivity index (χ0n) is 9.77. The van der Waals surface area contributed by atoms with Gasteiger partial charge in [-0.1, -0.05) is 20.8 Å². The maximum Gasteiger partial charge on any atom is 0.0591 e. The van der Waals surface area contributed by atoms with Crippen molar-refractivity contribution < 1.29 is 12.4 Å². The zero-order chi connectivity index (χ0) is 9.45. The Hall–Kier alpha value is 0.720. The summed E-state index contributed by atoms with van der Waals surface area (Å²) in [4.78, 5) is 0. The highest BCUT2D eigenvalue weighted by Crippen LogP contribution is 2.59. The number of rotatable bonds is 7. The molecule has 0 N–H and O–H groups in total. The molecule has 13 heavy (non-hydrogen) atoms. The average Bonchev–Trinajstić information content (AvgIpc) is 2.06. The molecule has 0 aliphatic heterocycles. The summed E-state index contributed by atoms with van der Waals surface area (Å²) >= 11 is 0. The summed E-state index contributed by atoms with van der Waals surface area (Å²) in [5, 5.41) is 0. The second-order valence-corrected chi connectivity index (χ2v) is 8.49. The lowest BCUT2D eigenvalue weighted by Gasteiger charge is -2.25. The second-order valence-electron chi connectivity index (χ2n) is 3.83. The molecule has 0 saturated heterocycles. The van der Waals surface area contributed by atoms with Crippen molar-refractivity contribution in [1.29, 1.82) is 0 Å². The maximum absolute atomic E-state index is 2.41. The van der Waals surface area contributed by atoms with E-state index >= 15 is 0 Å². The van der Waals surface area contributed by atoms with E-state index in [2.05, 4.69) is 27.7 Å². The first-order valence-corrected chi connectivity index (χ1v) is 8.12. The van der Waals surface area contributed by atoms with Gasteiger partial charge in [0, 0.05) is 7.26 Å². The predicted molar refractivity (Wildman–Crippen MR) is 62.9 cm³/mol. The van der Waals surface area contributed by atoms with Gasteiger partial charge in [0.2, 0.25) is 0 Å². The Morgan fingerprint density at radius 3 is 1.15 bits per heavy atom. The Balaban J connectivity index is 0. The van der Waals surface area contributed by atoms with Crippen molar-refractivity contribution in [2.75, 3.05) is 24.6 Å². The summed E-state index contributed by atoms with van der Waals surface area (Å²) in [5.41, 5.74) is 0.